The molecule has 0 amide bonds. The van der Waals surface area contributed by atoms with Gasteiger partial charge in [0.15, 0.2) is 0 Å². The summed E-state index contributed by atoms with van der Waals surface area (Å²) in [7, 11) is 0. The molecule has 2 aromatic carbocycles. The second-order valence-corrected chi connectivity index (χ2v) is 2.85. The van der Waals surface area contributed by atoms with Crippen LogP contribution in [0.4, 0.5) is 0 Å². The normalized spacial score (nSPS) is 8.36. The molecule has 0 nitrogen and oxygen atoms in total. The molecule has 0 saturated heterocycles. The van der Waals surface area contributed by atoms with E-state index in [9.17, 15) is 0 Å². The summed E-state index contributed by atoms with van der Waals surface area (Å²) in [4.78, 5) is 0. The largest absolute Gasteiger partial charge is 3.00 e. The summed E-state index contributed by atoms with van der Waals surface area (Å²) in [5.41, 5.74) is 1.44. The fourth-order valence-corrected chi connectivity index (χ4v) is 1.42. The maximum Gasteiger partial charge on any atom is 3.00 e. The molecule has 73 valence electrons. The van der Waals surface area contributed by atoms with Gasteiger partial charge in [-0.2, -0.15) is 6.07 Å². The SMILES string of the molecule is CCc1cc2ccccc2[cH-]1.[Cl-].[Cl-].[Zr+3]. The van der Waals surface area contributed by atoms with E-state index in [2.05, 4.69) is 43.3 Å². The zero-order valence-electron chi connectivity index (χ0n) is 7.93. The number of hydrogen-bond donors (Lipinski definition) is 0. The Hall–Kier alpha value is 0.293. The molecule has 2 aromatic rings. The van der Waals surface area contributed by atoms with Gasteiger partial charge < -0.3 is 24.8 Å². The average Bonchev–Trinajstić information content (AvgIpc) is 2.46. The minimum Gasteiger partial charge on any atom is -1.00 e. The summed E-state index contributed by atoms with van der Waals surface area (Å²) < 4.78 is 0. The molecule has 14 heavy (non-hydrogen) atoms. The zero-order chi connectivity index (χ0) is 7.68. The Kier molecular flexibility index (Phi) is 9.03. The first kappa shape index (κ1) is 16.7. The smallest absolute Gasteiger partial charge is 1.00 e. The molecule has 3 heteroatoms. The third-order valence-corrected chi connectivity index (χ3v) is 2.09. The molecule has 0 N–H and O–H groups in total. The van der Waals surface area contributed by atoms with Crippen molar-refractivity contribution >= 4 is 10.8 Å². The van der Waals surface area contributed by atoms with Crippen molar-refractivity contribution in [2.24, 2.45) is 0 Å². The predicted octanol–water partition coefficient (Wildman–Crippen LogP) is -2.87. The van der Waals surface area contributed by atoms with Crippen LogP contribution >= 0.6 is 0 Å². The molecular formula is C11H11Cl2Zr. The third kappa shape index (κ3) is 3.46. The summed E-state index contributed by atoms with van der Waals surface area (Å²) >= 11 is 0. The molecule has 0 fully saturated rings. The van der Waals surface area contributed by atoms with Crippen molar-refractivity contribution in [2.45, 2.75) is 13.3 Å². The summed E-state index contributed by atoms with van der Waals surface area (Å²) in [6.07, 6.45) is 1.13. The standard InChI is InChI=1S/C11H11.2ClH.Zr/c1-2-9-7-10-5-3-4-6-11(10)8-9;;;/h3-8H,2H2,1H3;2*1H;/q-1;;;+3/p-2. The predicted molar refractivity (Wildman–Crippen MR) is 48.9 cm³/mol. The molecule has 0 unspecified atom stereocenters. The van der Waals surface area contributed by atoms with E-state index >= 15 is 0 Å². The molecule has 0 heterocycles. The Labute approximate surface area is 116 Å². The summed E-state index contributed by atoms with van der Waals surface area (Å²) in [6, 6.07) is 13.0. The minimum absolute atomic E-state index is 0. The molecule has 0 atom stereocenters. The second-order valence-electron chi connectivity index (χ2n) is 2.85. The molecule has 0 saturated carbocycles. The van der Waals surface area contributed by atoms with Crippen molar-refractivity contribution in [1.29, 1.82) is 0 Å². The van der Waals surface area contributed by atoms with Gasteiger partial charge in [-0.15, -0.1) is 40.6 Å². The third-order valence-electron chi connectivity index (χ3n) is 2.09. The van der Waals surface area contributed by atoms with Gasteiger partial charge in [-0.1, -0.05) is 13.0 Å². The van der Waals surface area contributed by atoms with E-state index in [-0.39, 0.29) is 51.0 Å². The zero-order valence-corrected chi connectivity index (χ0v) is 11.9. The van der Waals surface area contributed by atoms with Gasteiger partial charge in [0.2, 0.25) is 0 Å². The number of halogens is 2. The average molecular weight is 305 g/mol. The summed E-state index contributed by atoms with van der Waals surface area (Å²) in [5, 5.41) is 2.73. The molecule has 0 aliphatic carbocycles. The molecule has 0 aliphatic heterocycles. The van der Waals surface area contributed by atoms with Crippen LogP contribution in [0.2, 0.25) is 0 Å². The van der Waals surface area contributed by atoms with Crippen LogP contribution < -0.4 is 24.8 Å². The van der Waals surface area contributed by atoms with Crippen molar-refractivity contribution in [3.05, 3.63) is 42.0 Å². The Bertz CT molecular complexity index is 335. The molecule has 1 radical (unpaired) electrons. The van der Waals surface area contributed by atoms with Crippen molar-refractivity contribution < 1.29 is 51.0 Å². The van der Waals surface area contributed by atoms with E-state index in [1.807, 2.05) is 0 Å². The van der Waals surface area contributed by atoms with Crippen LogP contribution in [0.5, 0.6) is 0 Å². The molecule has 0 bridgehead atoms. The van der Waals surface area contributed by atoms with Gasteiger partial charge in [0.1, 0.15) is 0 Å². The number of rotatable bonds is 1. The topological polar surface area (TPSA) is 0 Å². The van der Waals surface area contributed by atoms with Crippen molar-refractivity contribution in [1.82, 2.24) is 0 Å². The number of aryl methyl sites for hydroxylation is 1. The number of hydrogen-bond acceptors (Lipinski definition) is 0. The van der Waals surface area contributed by atoms with Gasteiger partial charge in [-0.25, -0.2) is 0 Å². The fourth-order valence-electron chi connectivity index (χ4n) is 1.42. The molecular weight excluding hydrogens is 294 g/mol. The first-order valence-electron chi connectivity index (χ1n) is 4.04. The van der Waals surface area contributed by atoms with Gasteiger partial charge in [-0.3, -0.25) is 0 Å². The van der Waals surface area contributed by atoms with Gasteiger partial charge in [0.25, 0.3) is 0 Å². The van der Waals surface area contributed by atoms with E-state index in [0.29, 0.717) is 0 Å². The van der Waals surface area contributed by atoms with E-state index < -0.39 is 0 Å². The summed E-state index contributed by atoms with van der Waals surface area (Å²) in [5.74, 6) is 0. The van der Waals surface area contributed by atoms with Crippen LogP contribution in [0.3, 0.4) is 0 Å². The van der Waals surface area contributed by atoms with Crippen molar-refractivity contribution in [3.8, 4) is 0 Å². The molecule has 0 aromatic heterocycles. The first-order valence-corrected chi connectivity index (χ1v) is 4.04. The minimum atomic E-state index is 0. The van der Waals surface area contributed by atoms with E-state index in [0.717, 1.165) is 6.42 Å². The van der Waals surface area contributed by atoms with Crippen LogP contribution in [0.15, 0.2) is 36.4 Å². The Morgan fingerprint density at radius 3 is 2.36 bits per heavy atom. The van der Waals surface area contributed by atoms with Crippen LogP contribution in [0.25, 0.3) is 10.8 Å². The Balaban J connectivity index is 0. The molecule has 2 rings (SSSR count). The van der Waals surface area contributed by atoms with E-state index in [1.165, 1.54) is 16.3 Å². The maximum absolute atomic E-state index is 2.26. The van der Waals surface area contributed by atoms with Crippen LogP contribution in [0.1, 0.15) is 12.5 Å². The van der Waals surface area contributed by atoms with Gasteiger partial charge >= 0.3 is 26.2 Å². The van der Waals surface area contributed by atoms with Crippen molar-refractivity contribution in [3.63, 3.8) is 0 Å². The van der Waals surface area contributed by atoms with Gasteiger partial charge in [0, 0.05) is 0 Å². The van der Waals surface area contributed by atoms with Crippen molar-refractivity contribution in [2.75, 3.05) is 0 Å². The monoisotopic (exact) mass is 303 g/mol. The first-order chi connectivity index (χ1) is 5.40. The Morgan fingerprint density at radius 1 is 1.14 bits per heavy atom. The van der Waals surface area contributed by atoms with Crippen LogP contribution in [-0.2, 0) is 32.6 Å². The molecule has 0 spiro atoms. The van der Waals surface area contributed by atoms with E-state index in [1.54, 1.807) is 0 Å². The number of fused-ring (bicyclic) bond motifs is 1. The van der Waals surface area contributed by atoms with Gasteiger partial charge in [0.05, 0.1) is 0 Å². The number of benzene rings is 1. The molecule has 0 aliphatic rings. The maximum atomic E-state index is 2.26. The summed E-state index contributed by atoms with van der Waals surface area (Å²) in [6.45, 7) is 2.19. The van der Waals surface area contributed by atoms with Crippen LogP contribution in [0, 0.1) is 0 Å². The van der Waals surface area contributed by atoms with Crippen LogP contribution in [-0.4, -0.2) is 0 Å². The van der Waals surface area contributed by atoms with Gasteiger partial charge in [-0.05, 0) is 6.42 Å². The Morgan fingerprint density at radius 2 is 1.79 bits per heavy atom. The second kappa shape index (κ2) is 7.57. The quantitative estimate of drug-likeness (QED) is 0.497. The van der Waals surface area contributed by atoms with E-state index in [4.69, 9.17) is 0 Å². The fraction of sp³-hybridized carbons (Fsp3) is 0.182.